The van der Waals surface area contributed by atoms with E-state index in [9.17, 15) is 4.79 Å². The van der Waals surface area contributed by atoms with Gasteiger partial charge in [-0.05, 0) is 12.1 Å². The van der Waals surface area contributed by atoms with Gasteiger partial charge in [-0.3, -0.25) is 0 Å². The third kappa shape index (κ3) is 10.9. The molecule has 0 heterocycles. The van der Waals surface area contributed by atoms with Gasteiger partial charge in [-0.15, -0.1) is 0 Å². The number of nitrogens with two attached hydrogens (primary N) is 1. The smallest absolute Gasteiger partial charge is 0.337 e. The summed E-state index contributed by atoms with van der Waals surface area (Å²) in [6.45, 7) is 4.55. The zero-order chi connectivity index (χ0) is 15.9. The topological polar surface area (TPSA) is 63.3 Å². The summed E-state index contributed by atoms with van der Waals surface area (Å²) in [7, 11) is 0. The first kappa shape index (κ1) is 19.5. The number of carbonyl (C=O) groups is 1. The molecule has 0 aliphatic carbocycles. The molecule has 0 aliphatic rings. The number of carboxylic acids is 1. The number of unbranched alkanes of at least 4 members (excludes halogenated alkanes) is 8. The fourth-order valence-electron chi connectivity index (χ4n) is 2.08. The molecule has 1 aromatic carbocycles. The van der Waals surface area contributed by atoms with Crippen molar-refractivity contribution < 1.29 is 9.90 Å². The van der Waals surface area contributed by atoms with Gasteiger partial charge in [-0.25, -0.2) is 4.79 Å². The van der Waals surface area contributed by atoms with Gasteiger partial charge < -0.3 is 10.8 Å². The molecule has 3 heteroatoms. The number of anilines is 1. The van der Waals surface area contributed by atoms with Crippen LogP contribution in [0.5, 0.6) is 0 Å². The number of hydrogen-bond acceptors (Lipinski definition) is 2. The number of para-hydroxylation sites is 1. The molecular weight excluding hydrogens is 262 g/mol. The molecule has 120 valence electrons. The summed E-state index contributed by atoms with van der Waals surface area (Å²) in [5.74, 6) is -0.988. The average molecular weight is 293 g/mol. The number of nitrogen functional groups attached to an aromatic ring is 1. The van der Waals surface area contributed by atoms with Crippen molar-refractivity contribution in [3.05, 3.63) is 29.8 Å². The van der Waals surface area contributed by atoms with E-state index in [0.29, 0.717) is 5.69 Å². The predicted molar refractivity (Wildman–Crippen MR) is 90.7 cm³/mol. The first-order valence-electron chi connectivity index (χ1n) is 8.21. The monoisotopic (exact) mass is 293 g/mol. The zero-order valence-corrected chi connectivity index (χ0v) is 13.6. The number of benzene rings is 1. The molecule has 0 saturated heterocycles. The Balaban J connectivity index is 0.000000382. The van der Waals surface area contributed by atoms with Crippen LogP contribution < -0.4 is 5.73 Å². The Morgan fingerprint density at radius 2 is 1.33 bits per heavy atom. The van der Waals surface area contributed by atoms with Crippen molar-refractivity contribution in [1.29, 1.82) is 0 Å². The molecule has 3 nitrogen and oxygen atoms in total. The van der Waals surface area contributed by atoms with Crippen LogP contribution in [0.3, 0.4) is 0 Å². The maximum absolute atomic E-state index is 10.3. The first-order chi connectivity index (χ1) is 10.1. The molecule has 0 saturated carbocycles. The molecule has 0 amide bonds. The van der Waals surface area contributed by atoms with Crippen LogP contribution >= 0.6 is 0 Å². The Bertz CT molecular complexity index is 369. The van der Waals surface area contributed by atoms with Crippen molar-refractivity contribution >= 4 is 11.7 Å². The molecule has 21 heavy (non-hydrogen) atoms. The van der Waals surface area contributed by atoms with E-state index in [2.05, 4.69) is 13.8 Å². The van der Waals surface area contributed by atoms with E-state index in [1.807, 2.05) is 0 Å². The highest BCUT2D eigenvalue weighted by Gasteiger charge is 2.03. The van der Waals surface area contributed by atoms with E-state index >= 15 is 0 Å². The molecule has 0 spiro atoms. The second-order valence-corrected chi connectivity index (χ2v) is 5.37. The second kappa shape index (κ2) is 13.5. The summed E-state index contributed by atoms with van der Waals surface area (Å²) in [5.41, 5.74) is 5.80. The van der Waals surface area contributed by atoms with Gasteiger partial charge in [-0.2, -0.15) is 0 Å². The molecule has 0 radical (unpaired) electrons. The Labute approximate surface area is 129 Å². The molecular formula is C18H31NO2. The highest BCUT2D eigenvalue weighted by molar-refractivity contribution is 5.93. The number of hydrogen-bond donors (Lipinski definition) is 2. The van der Waals surface area contributed by atoms with Gasteiger partial charge in [0.15, 0.2) is 0 Å². The van der Waals surface area contributed by atoms with Crippen molar-refractivity contribution in [2.45, 2.75) is 71.6 Å². The van der Waals surface area contributed by atoms with Crippen LogP contribution in [0.1, 0.15) is 82.0 Å². The Morgan fingerprint density at radius 3 is 1.67 bits per heavy atom. The van der Waals surface area contributed by atoms with E-state index in [1.54, 1.807) is 18.2 Å². The zero-order valence-electron chi connectivity index (χ0n) is 13.6. The molecule has 1 aromatic rings. The standard InChI is InChI=1S/C11H24.C7H7NO2/c1-3-5-7-9-11-10-8-6-4-2;8-6-4-2-1-3-5(6)7(9)10/h3-11H2,1-2H3;1-4H,8H2,(H,9,10). The number of rotatable bonds is 9. The number of carboxylic acid groups (broad SMARTS) is 1. The third-order valence-electron chi connectivity index (χ3n) is 3.40. The van der Waals surface area contributed by atoms with Crippen molar-refractivity contribution in [2.24, 2.45) is 0 Å². The van der Waals surface area contributed by atoms with E-state index in [0.717, 1.165) is 0 Å². The summed E-state index contributed by atoms with van der Waals surface area (Å²) in [6.07, 6.45) is 13.0. The Kier molecular flexibility index (Phi) is 12.5. The normalized spacial score (nSPS) is 9.81. The van der Waals surface area contributed by atoms with Crippen molar-refractivity contribution in [1.82, 2.24) is 0 Å². The summed E-state index contributed by atoms with van der Waals surface area (Å²) in [4.78, 5) is 10.3. The lowest BCUT2D eigenvalue weighted by Crippen LogP contribution is -2.00. The van der Waals surface area contributed by atoms with Crippen LogP contribution in [0.15, 0.2) is 24.3 Å². The fraction of sp³-hybridized carbons (Fsp3) is 0.611. The largest absolute Gasteiger partial charge is 0.478 e. The number of aromatic carboxylic acids is 1. The van der Waals surface area contributed by atoms with Gasteiger partial charge in [0.2, 0.25) is 0 Å². The lowest BCUT2D eigenvalue weighted by Gasteiger charge is -1.98. The van der Waals surface area contributed by atoms with Gasteiger partial charge in [0, 0.05) is 5.69 Å². The summed E-state index contributed by atoms with van der Waals surface area (Å²) in [6, 6.07) is 6.36. The minimum absolute atomic E-state index is 0.155. The molecule has 3 N–H and O–H groups in total. The van der Waals surface area contributed by atoms with Crippen LogP contribution in [-0.2, 0) is 0 Å². The van der Waals surface area contributed by atoms with E-state index in [-0.39, 0.29) is 5.56 Å². The molecule has 0 atom stereocenters. The summed E-state index contributed by atoms with van der Waals surface area (Å²) < 4.78 is 0. The molecule has 0 aliphatic heterocycles. The van der Waals surface area contributed by atoms with Gasteiger partial charge in [0.25, 0.3) is 0 Å². The minimum atomic E-state index is -0.988. The van der Waals surface area contributed by atoms with E-state index in [1.165, 1.54) is 63.9 Å². The quantitative estimate of drug-likeness (QED) is 0.466. The maximum Gasteiger partial charge on any atom is 0.337 e. The summed E-state index contributed by atoms with van der Waals surface area (Å²) >= 11 is 0. The molecule has 0 fully saturated rings. The molecule has 0 unspecified atom stereocenters. The average Bonchev–Trinajstić information content (AvgIpc) is 2.47. The summed E-state index contributed by atoms with van der Waals surface area (Å²) in [5, 5.41) is 8.49. The predicted octanol–water partition coefficient (Wildman–Crippen LogP) is 5.50. The van der Waals surface area contributed by atoms with Gasteiger partial charge in [0.05, 0.1) is 5.56 Å². The van der Waals surface area contributed by atoms with Crippen LogP contribution in [0.25, 0.3) is 0 Å². The van der Waals surface area contributed by atoms with Crippen molar-refractivity contribution in [3.8, 4) is 0 Å². The second-order valence-electron chi connectivity index (χ2n) is 5.37. The van der Waals surface area contributed by atoms with Gasteiger partial charge in [0.1, 0.15) is 0 Å². The van der Waals surface area contributed by atoms with Crippen LogP contribution in [0.4, 0.5) is 5.69 Å². The lowest BCUT2D eigenvalue weighted by atomic mass is 10.1. The highest BCUT2D eigenvalue weighted by atomic mass is 16.4. The van der Waals surface area contributed by atoms with Gasteiger partial charge >= 0.3 is 5.97 Å². The maximum atomic E-state index is 10.3. The molecule has 0 bridgehead atoms. The fourth-order valence-corrected chi connectivity index (χ4v) is 2.08. The van der Waals surface area contributed by atoms with Crippen molar-refractivity contribution in [2.75, 3.05) is 5.73 Å². The van der Waals surface area contributed by atoms with Crippen LogP contribution in [-0.4, -0.2) is 11.1 Å². The van der Waals surface area contributed by atoms with E-state index in [4.69, 9.17) is 10.8 Å². The van der Waals surface area contributed by atoms with Crippen molar-refractivity contribution in [3.63, 3.8) is 0 Å². The highest BCUT2D eigenvalue weighted by Crippen LogP contribution is 2.09. The SMILES string of the molecule is CCCCCCCCCCC.Nc1ccccc1C(=O)O. The minimum Gasteiger partial charge on any atom is -0.478 e. The molecule has 1 rings (SSSR count). The first-order valence-corrected chi connectivity index (χ1v) is 8.21. The van der Waals surface area contributed by atoms with E-state index < -0.39 is 5.97 Å². The van der Waals surface area contributed by atoms with Crippen LogP contribution in [0, 0.1) is 0 Å². The van der Waals surface area contributed by atoms with Crippen LogP contribution in [0.2, 0.25) is 0 Å². The third-order valence-corrected chi connectivity index (χ3v) is 3.40. The Hall–Kier alpha value is -1.51. The Morgan fingerprint density at radius 1 is 0.905 bits per heavy atom. The lowest BCUT2D eigenvalue weighted by molar-refractivity contribution is 0.0698. The molecule has 0 aromatic heterocycles. The van der Waals surface area contributed by atoms with Gasteiger partial charge in [-0.1, -0.05) is 83.8 Å².